The Kier molecular flexibility index (Phi) is 3.63. The van der Waals surface area contributed by atoms with E-state index in [1.54, 1.807) is 11.0 Å². The number of benzene rings is 1. The van der Waals surface area contributed by atoms with Gasteiger partial charge in [0.05, 0.1) is 5.69 Å². The van der Waals surface area contributed by atoms with Crippen LogP contribution in [0, 0.1) is 5.82 Å². The smallest absolute Gasteiger partial charge is 0.292 e. The molecule has 0 N–H and O–H groups in total. The van der Waals surface area contributed by atoms with Crippen molar-refractivity contribution < 1.29 is 13.7 Å². The van der Waals surface area contributed by atoms with E-state index in [1.807, 2.05) is 12.1 Å². The third-order valence-corrected chi connectivity index (χ3v) is 4.97. The average Bonchev–Trinajstić information content (AvgIpc) is 3.22. The summed E-state index contributed by atoms with van der Waals surface area (Å²) in [4.78, 5) is 14.5. The quantitative estimate of drug-likeness (QED) is 0.854. The van der Waals surface area contributed by atoms with Crippen molar-refractivity contribution in [1.29, 1.82) is 0 Å². The van der Waals surface area contributed by atoms with Crippen LogP contribution in [0.2, 0.25) is 0 Å². The molecule has 2 heterocycles. The number of hydrogen-bond donors (Lipinski definition) is 0. The third kappa shape index (κ3) is 2.54. The summed E-state index contributed by atoms with van der Waals surface area (Å²) in [6, 6.07) is 6.82. The lowest BCUT2D eigenvalue weighted by molar-refractivity contribution is 0.0747. The SMILES string of the molecule is O=C(c1onc2c1CCCC2)N1CCC(c2ccccc2F)C1. The van der Waals surface area contributed by atoms with Gasteiger partial charge in [0, 0.05) is 24.6 Å². The average molecular weight is 314 g/mol. The second-order valence-electron chi connectivity index (χ2n) is 6.40. The van der Waals surface area contributed by atoms with Crippen LogP contribution in [-0.4, -0.2) is 29.1 Å². The van der Waals surface area contributed by atoms with Crippen LogP contribution in [0.4, 0.5) is 4.39 Å². The molecule has 1 aliphatic heterocycles. The molecule has 5 heteroatoms. The molecule has 2 aliphatic rings. The van der Waals surface area contributed by atoms with Crippen LogP contribution in [0.15, 0.2) is 28.8 Å². The summed E-state index contributed by atoms with van der Waals surface area (Å²) in [7, 11) is 0. The summed E-state index contributed by atoms with van der Waals surface area (Å²) < 4.78 is 19.3. The molecule has 0 bridgehead atoms. The van der Waals surface area contributed by atoms with Gasteiger partial charge in [0.1, 0.15) is 5.82 Å². The number of rotatable bonds is 2. The van der Waals surface area contributed by atoms with Gasteiger partial charge in [-0.3, -0.25) is 4.79 Å². The molecule has 0 radical (unpaired) electrons. The number of aryl methyl sites for hydroxylation is 1. The summed E-state index contributed by atoms with van der Waals surface area (Å²) in [5, 5.41) is 4.06. The molecule has 1 unspecified atom stereocenters. The molecule has 1 aromatic heterocycles. The number of fused-ring (bicyclic) bond motifs is 1. The zero-order valence-electron chi connectivity index (χ0n) is 12.9. The van der Waals surface area contributed by atoms with Crippen molar-refractivity contribution in [3.8, 4) is 0 Å². The summed E-state index contributed by atoms with van der Waals surface area (Å²) in [6.45, 7) is 1.17. The predicted molar refractivity (Wildman–Crippen MR) is 82.8 cm³/mol. The van der Waals surface area contributed by atoms with Crippen molar-refractivity contribution in [2.45, 2.75) is 38.0 Å². The fourth-order valence-corrected chi connectivity index (χ4v) is 3.71. The number of carbonyl (C=O) groups excluding carboxylic acids is 1. The minimum Gasteiger partial charge on any atom is -0.350 e. The van der Waals surface area contributed by atoms with E-state index >= 15 is 0 Å². The van der Waals surface area contributed by atoms with Crippen molar-refractivity contribution >= 4 is 5.91 Å². The highest BCUT2D eigenvalue weighted by atomic mass is 19.1. The van der Waals surface area contributed by atoms with Crippen LogP contribution in [0.3, 0.4) is 0 Å². The second kappa shape index (κ2) is 5.80. The summed E-state index contributed by atoms with van der Waals surface area (Å²) in [5.74, 6) is 0.163. The lowest BCUT2D eigenvalue weighted by atomic mass is 9.96. The zero-order chi connectivity index (χ0) is 15.8. The largest absolute Gasteiger partial charge is 0.350 e. The maximum Gasteiger partial charge on any atom is 0.292 e. The van der Waals surface area contributed by atoms with Crippen molar-refractivity contribution in [2.75, 3.05) is 13.1 Å². The Balaban J connectivity index is 1.53. The van der Waals surface area contributed by atoms with Gasteiger partial charge in [-0.05, 0) is 43.7 Å². The molecule has 120 valence electrons. The first-order valence-corrected chi connectivity index (χ1v) is 8.25. The van der Waals surface area contributed by atoms with Gasteiger partial charge in [-0.2, -0.15) is 0 Å². The number of nitrogens with zero attached hydrogens (tertiary/aromatic N) is 2. The lowest BCUT2D eigenvalue weighted by Crippen LogP contribution is -2.29. The second-order valence-corrected chi connectivity index (χ2v) is 6.40. The predicted octanol–water partition coefficient (Wildman–Crippen LogP) is 3.32. The monoisotopic (exact) mass is 314 g/mol. The van der Waals surface area contributed by atoms with Crippen LogP contribution in [0.25, 0.3) is 0 Å². The first-order valence-electron chi connectivity index (χ1n) is 8.25. The Morgan fingerprint density at radius 1 is 1.26 bits per heavy atom. The van der Waals surface area contributed by atoms with Gasteiger partial charge in [-0.15, -0.1) is 0 Å². The fourth-order valence-electron chi connectivity index (χ4n) is 3.71. The van der Waals surface area contributed by atoms with Crippen LogP contribution in [0.1, 0.15) is 52.6 Å². The molecule has 4 rings (SSSR count). The van der Waals surface area contributed by atoms with Crippen LogP contribution in [0.5, 0.6) is 0 Å². The zero-order valence-corrected chi connectivity index (χ0v) is 12.9. The van der Waals surface area contributed by atoms with E-state index in [0.717, 1.165) is 43.4 Å². The van der Waals surface area contributed by atoms with Gasteiger partial charge >= 0.3 is 0 Å². The highest BCUT2D eigenvalue weighted by Crippen LogP contribution is 2.31. The molecular weight excluding hydrogens is 295 g/mol. The van der Waals surface area contributed by atoms with Gasteiger partial charge in [-0.1, -0.05) is 23.4 Å². The van der Waals surface area contributed by atoms with Gasteiger partial charge < -0.3 is 9.42 Å². The first-order chi connectivity index (χ1) is 11.2. The Morgan fingerprint density at radius 2 is 2.09 bits per heavy atom. The van der Waals surface area contributed by atoms with Crippen molar-refractivity contribution in [1.82, 2.24) is 10.1 Å². The van der Waals surface area contributed by atoms with Gasteiger partial charge in [0.2, 0.25) is 5.76 Å². The van der Waals surface area contributed by atoms with Gasteiger partial charge in [-0.25, -0.2) is 4.39 Å². The van der Waals surface area contributed by atoms with Crippen LogP contribution < -0.4 is 0 Å². The number of aromatic nitrogens is 1. The van der Waals surface area contributed by atoms with Crippen molar-refractivity contribution in [2.24, 2.45) is 0 Å². The maximum atomic E-state index is 13.9. The molecule has 0 spiro atoms. The molecule has 23 heavy (non-hydrogen) atoms. The number of halogens is 1. The molecule has 1 aromatic carbocycles. The first kappa shape index (κ1) is 14.4. The molecule has 1 atom stereocenters. The number of carbonyl (C=O) groups is 1. The molecule has 0 saturated carbocycles. The summed E-state index contributed by atoms with van der Waals surface area (Å²) in [5.41, 5.74) is 2.61. The van der Waals surface area contributed by atoms with E-state index in [-0.39, 0.29) is 17.6 Å². The maximum absolute atomic E-state index is 13.9. The van der Waals surface area contributed by atoms with E-state index in [0.29, 0.717) is 24.4 Å². The van der Waals surface area contributed by atoms with E-state index < -0.39 is 0 Å². The highest BCUT2D eigenvalue weighted by molar-refractivity contribution is 5.93. The molecule has 1 amide bonds. The number of amides is 1. The minimum absolute atomic E-state index is 0.0545. The van der Waals surface area contributed by atoms with Crippen molar-refractivity contribution in [3.63, 3.8) is 0 Å². The molecular formula is C18H19FN2O2. The topological polar surface area (TPSA) is 46.3 Å². The van der Waals surface area contributed by atoms with E-state index in [9.17, 15) is 9.18 Å². The summed E-state index contributed by atoms with van der Waals surface area (Å²) >= 11 is 0. The molecule has 2 aromatic rings. The van der Waals surface area contributed by atoms with Gasteiger partial charge in [0.25, 0.3) is 5.91 Å². The Bertz CT molecular complexity index is 740. The van der Waals surface area contributed by atoms with Gasteiger partial charge in [0.15, 0.2) is 0 Å². The molecule has 4 nitrogen and oxygen atoms in total. The normalized spacial score (nSPS) is 20.6. The summed E-state index contributed by atoms with van der Waals surface area (Å²) in [6.07, 6.45) is 4.72. The Hall–Kier alpha value is -2.17. The lowest BCUT2D eigenvalue weighted by Gasteiger charge is -2.17. The minimum atomic E-state index is -0.191. The van der Waals surface area contributed by atoms with E-state index in [1.165, 1.54) is 6.07 Å². The molecule has 1 fully saturated rings. The van der Waals surface area contributed by atoms with Crippen LogP contribution >= 0.6 is 0 Å². The van der Waals surface area contributed by atoms with E-state index in [4.69, 9.17) is 4.52 Å². The Labute approximate surface area is 134 Å². The van der Waals surface area contributed by atoms with E-state index in [2.05, 4.69) is 5.16 Å². The third-order valence-electron chi connectivity index (χ3n) is 4.97. The molecule has 1 aliphatic carbocycles. The van der Waals surface area contributed by atoms with Crippen LogP contribution in [-0.2, 0) is 12.8 Å². The number of likely N-dealkylation sites (tertiary alicyclic amines) is 1. The number of hydrogen-bond acceptors (Lipinski definition) is 3. The molecule has 1 saturated heterocycles. The van der Waals surface area contributed by atoms with Crippen molar-refractivity contribution in [3.05, 3.63) is 52.7 Å². The fraction of sp³-hybridized carbons (Fsp3) is 0.444. The Morgan fingerprint density at radius 3 is 2.96 bits per heavy atom. The highest BCUT2D eigenvalue weighted by Gasteiger charge is 2.33. The standard InChI is InChI=1S/C18H19FN2O2/c19-15-7-3-1-5-13(15)12-9-10-21(11-12)18(22)17-14-6-2-4-8-16(14)20-23-17/h1,3,5,7,12H,2,4,6,8-11H2.